The van der Waals surface area contributed by atoms with Gasteiger partial charge in [0.25, 0.3) is 11.1 Å². The van der Waals surface area contributed by atoms with Gasteiger partial charge in [-0.2, -0.15) is 9.78 Å². The van der Waals surface area contributed by atoms with Gasteiger partial charge in [-0.15, -0.1) is 0 Å². The van der Waals surface area contributed by atoms with Gasteiger partial charge in [-0.25, -0.2) is 9.78 Å². The molecule has 0 spiro atoms. The summed E-state index contributed by atoms with van der Waals surface area (Å²) in [6.45, 7) is 0. The summed E-state index contributed by atoms with van der Waals surface area (Å²) in [5, 5.41) is 3.94. The second kappa shape index (κ2) is 9.04. The van der Waals surface area contributed by atoms with Crippen LogP contribution in [0.2, 0.25) is 0 Å². The van der Waals surface area contributed by atoms with Crippen molar-refractivity contribution in [3.05, 3.63) is 61.7 Å². The Morgan fingerprint density at radius 2 is 1.49 bits per heavy atom. The monoisotopic (exact) mass is 502 g/mol. The van der Waals surface area contributed by atoms with Crippen LogP contribution in [0.1, 0.15) is 76.7 Å². The van der Waals surface area contributed by atoms with Crippen LogP contribution < -0.4 is 16.8 Å². The lowest BCUT2D eigenvalue weighted by atomic mass is 9.68. The van der Waals surface area contributed by atoms with E-state index in [2.05, 4.69) is 20.0 Å². The Bertz CT molecular complexity index is 1480. The minimum atomic E-state index is -0.756. The van der Waals surface area contributed by atoms with Crippen LogP contribution in [0.15, 0.2) is 44.8 Å². The highest BCUT2D eigenvalue weighted by Gasteiger charge is 2.45. The van der Waals surface area contributed by atoms with E-state index in [1.807, 2.05) is 28.8 Å². The number of rotatable bonds is 3. The lowest BCUT2D eigenvalue weighted by molar-refractivity contribution is -0.0485. The predicted molar refractivity (Wildman–Crippen MR) is 140 cm³/mol. The van der Waals surface area contributed by atoms with E-state index >= 15 is 0 Å². The molecule has 4 heterocycles. The Kier molecular flexibility index (Phi) is 5.64. The second-order valence-electron chi connectivity index (χ2n) is 11.8. The molecule has 0 radical (unpaired) electrons. The molecule has 2 aliphatic carbocycles. The second-order valence-corrected chi connectivity index (χ2v) is 11.8. The molecule has 2 saturated carbocycles. The van der Waals surface area contributed by atoms with Gasteiger partial charge in [-0.1, -0.05) is 37.8 Å². The molecule has 9 heteroatoms. The minimum Gasteiger partial charge on any atom is -0.300 e. The molecule has 0 amide bonds. The summed E-state index contributed by atoms with van der Waals surface area (Å²) in [4.78, 5) is 47.7. The molecule has 4 aliphatic rings. The van der Waals surface area contributed by atoms with Crippen LogP contribution in [0.4, 0.5) is 0 Å². The number of fused-ring (bicyclic) bond motifs is 5. The molecule has 2 aliphatic heterocycles. The maximum absolute atomic E-state index is 14.0. The van der Waals surface area contributed by atoms with E-state index in [4.69, 9.17) is 0 Å². The van der Waals surface area contributed by atoms with Gasteiger partial charge in [0, 0.05) is 24.2 Å². The lowest BCUT2D eigenvalue weighted by Gasteiger charge is -2.55. The average molecular weight is 503 g/mol. The highest BCUT2D eigenvalue weighted by Crippen LogP contribution is 2.47. The number of nitrogens with zero attached hydrogens (tertiary/aromatic N) is 5. The standard InChI is InChI=1S/C28H34N6O3/c35-25-16-29-34(28(37)31-25)26-27(36)33(24-10-2-1-9-23(24)30-26)22-14-19-7-4-8-20(15-22)32(19)21-12-17-5-3-6-18(11-17)13-21/h1-2,9-10,16-22H,3-8,11-15H2,(H,31,35,37)/t17-,18+,19-,20+,21+,22+. The van der Waals surface area contributed by atoms with Crippen LogP contribution in [0.3, 0.4) is 0 Å². The molecule has 2 saturated heterocycles. The Balaban J connectivity index is 1.28. The van der Waals surface area contributed by atoms with Crippen LogP contribution in [-0.4, -0.2) is 47.3 Å². The zero-order valence-corrected chi connectivity index (χ0v) is 21.1. The van der Waals surface area contributed by atoms with Crippen molar-refractivity contribution in [2.45, 2.75) is 94.8 Å². The number of piperidine rings is 2. The van der Waals surface area contributed by atoms with Gasteiger partial charge in [-0.05, 0) is 68.9 Å². The molecule has 1 N–H and O–H groups in total. The van der Waals surface area contributed by atoms with Crippen LogP contribution in [0.5, 0.6) is 0 Å². The van der Waals surface area contributed by atoms with E-state index in [1.165, 1.54) is 57.8 Å². The van der Waals surface area contributed by atoms with Gasteiger partial charge in [-0.3, -0.25) is 19.5 Å². The maximum Gasteiger partial charge on any atom is 0.351 e. The molecule has 4 fully saturated rings. The molecule has 3 aromatic rings. The van der Waals surface area contributed by atoms with Gasteiger partial charge in [0.05, 0.1) is 11.0 Å². The summed E-state index contributed by atoms with van der Waals surface area (Å²) in [5.74, 6) is 1.73. The Labute approximate surface area is 214 Å². The summed E-state index contributed by atoms with van der Waals surface area (Å²) < 4.78 is 2.79. The number of benzene rings is 1. The molecule has 37 heavy (non-hydrogen) atoms. The maximum atomic E-state index is 14.0. The first-order valence-corrected chi connectivity index (χ1v) is 14.0. The number of aromatic amines is 1. The Morgan fingerprint density at radius 3 is 2.22 bits per heavy atom. The van der Waals surface area contributed by atoms with Crippen molar-refractivity contribution in [2.24, 2.45) is 11.8 Å². The van der Waals surface area contributed by atoms with Gasteiger partial charge in [0.1, 0.15) is 6.20 Å². The van der Waals surface area contributed by atoms with Crippen molar-refractivity contribution in [3.63, 3.8) is 0 Å². The van der Waals surface area contributed by atoms with Gasteiger partial charge >= 0.3 is 5.69 Å². The van der Waals surface area contributed by atoms with Crippen molar-refractivity contribution in [1.82, 2.24) is 29.2 Å². The van der Waals surface area contributed by atoms with Crippen molar-refractivity contribution >= 4 is 11.0 Å². The van der Waals surface area contributed by atoms with Crippen molar-refractivity contribution in [3.8, 4) is 5.82 Å². The largest absolute Gasteiger partial charge is 0.351 e. The molecule has 6 atom stereocenters. The summed E-state index contributed by atoms with van der Waals surface area (Å²) in [6, 6.07) is 9.31. The summed E-state index contributed by atoms with van der Waals surface area (Å²) >= 11 is 0. The Morgan fingerprint density at radius 1 is 0.784 bits per heavy atom. The summed E-state index contributed by atoms with van der Waals surface area (Å²) in [6.07, 6.45) is 14.8. The zero-order chi connectivity index (χ0) is 25.1. The van der Waals surface area contributed by atoms with Crippen molar-refractivity contribution in [2.75, 3.05) is 0 Å². The third-order valence-electron chi connectivity index (χ3n) is 9.59. The van der Waals surface area contributed by atoms with E-state index in [9.17, 15) is 14.4 Å². The van der Waals surface area contributed by atoms with E-state index in [0.717, 1.165) is 41.1 Å². The van der Waals surface area contributed by atoms with E-state index in [1.54, 1.807) is 0 Å². The predicted octanol–water partition coefficient (Wildman–Crippen LogP) is 3.16. The molecule has 9 nitrogen and oxygen atoms in total. The molecule has 7 rings (SSSR count). The molecule has 4 bridgehead atoms. The third kappa shape index (κ3) is 3.98. The van der Waals surface area contributed by atoms with Crippen molar-refractivity contribution in [1.29, 1.82) is 0 Å². The van der Waals surface area contributed by atoms with E-state index in [-0.39, 0.29) is 17.4 Å². The van der Waals surface area contributed by atoms with Crippen LogP contribution in [-0.2, 0) is 0 Å². The van der Waals surface area contributed by atoms with Gasteiger partial charge < -0.3 is 4.57 Å². The number of para-hydroxylation sites is 2. The highest BCUT2D eigenvalue weighted by atomic mass is 16.2. The molecular weight excluding hydrogens is 468 g/mol. The van der Waals surface area contributed by atoms with E-state index in [0.29, 0.717) is 23.6 Å². The minimum absolute atomic E-state index is 0.0345. The zero-order valence-electron chi connectivity index (χ0n) is 21.1. The first kappa shape index (κ1) is 23.1. The lowest BCUT2D eigenvalue weighted by Crippen LogP contribution is -2.58. The van der Waals surface area contributed by atoms with Crippen LogP contribution >= 0.6 is 0 Å². The topological polar surface area (TPSA) is 106 Å². The number of H-pyrrole nitrogens is 1. The fraction of sp³-hybridized carbons (Fsp3) is 0.607. The quantitative estimate of drug-likeness (QED) is 0.590. The first-order chi connectivity index (χ1) is 18.0. The van der Waals surface area contributed by atoms with Crippen molar-refractivity contribution < 1.29 is 0 Å². The first-order valence-electron chi connectivity index (χ1n) is 14.0. The number of hydrogen-bond donors (Lipinski definition) is 1. The molecular formula is C28H34N6O3. The van der Waals surface area contributed by atoms with E-state index < -0.39 is 11.2 Å². The molecule has 0 unspecified atom stereocenters. The smallest absolute Gasteiger partial charge is 0.300 e. The molecule has 1 aromatic carbocycles. The van der Waals surface area contributed by atoms with Gasteiger partial charge in [0.2, 0.25) is 5.82 Å². The summed E-state index contributed by atoms with van der Waals surface area (Å²) in [5.41, 5.74) is -0.255. The SMILES string of the molecule is O=c1cnn(-c2nc3ccccc3n([C@H]3C[C@H]4CCC[C@@H](C3)N4[C@H]3C[C@@H]4CCC[C@@H](C4)C3)c2=O)c(=O)[nH]1. The van der Waals surface area contributed by atoms with Crippen LogP contribution in [0, 0.1) is 11.8 Å². The summed E-state index contributed by atoms with van der Waals surface area (Å²) in [7, 11) is 0. The fourth-order valence-electron chi connectivity index (χ4n) is 8.28. The number of hydrogen-bond acceptors (Lipinski definition) is 6. The molecule has 2 aromatic heterocycles. The van der Waals surface area contributed by atoms with Gasteiger partial charge in [0.15, 0.2) is 0 Å². The molecule has 194 valence electrons. The van der Waals surface area contributed by atoms with Crippen LogP contribution in [0.25, 0.3) is 16.9 Å². The fourth-order valence-corrected chi connectivity index (χ4v) is 8.28. The number of nitrogens with one attached hydrogen (secondary N) is 1. The number of aromatic nitrogens is 5. The normalized spacial score (nSPS) is 31.9. The highest BCUT2D eigenvalue weighted by molar-refractivity contribution is 5.75. The average Bonchev–Trinajstić information content (AvgIpc) is 2.88. The third-order valence-corrected chi connectivity index (χ3v) is 9.59. The Hall–Kier alpha value is -3.07.